The number of amides is 1. The van der Waals surface area contributed by atoms with Crippen molar-refractivity contribution in [3.05, 3.63) is 29.8 Å². The minimum atomic E-state index is -0.0564. The van der Waals surface area contributed by atoms with Gasteiger partial charge in [0, 0.05) is 39.3 Å². The Morgan fingerprint density at radius 1 is 1.33 bits per heavy atom. The predicted molar refractivity (Wildman–Crippen MR) is 100 cm³/mol. The molecule has 6 heteroatoms. The maximum Gasteiger partial charge on any atom is 0.257 e. The Morgan fingerprint density at radius 3 is 2.75 bits per heavy atom. The second-order valence-corrected chi connectivity index (χ2v) is 6.08. The van der Waals surface area contributed by atoms with Crippen molar-refractivity contribution >= 4 is 18.3 Å². The highest BCUT2D eigenvalue weighted by atomic mass is 35.5. The molecule has 1 amide bonds. The number of hydrogen-bond acceptors (Lipinski definition) is 4. The van der Waals surface area contributed by atoms with Crippen LogP contribution in [0.5, 0.6) is 5.75 Å². The molecular weight excluding hydrogens is 326 g/mol. The Kier molecular flexibility index (Phi) is 9.76. The number of piperazine rings is 1. The van der Waals surface area contributed by atoms with Crippen molar-refractivity contribution in [1.82, 2.24) is 15.5 Å². The molecule has 1 atom stereocenters. The molecule has 1 heterocycles. The van der Waals surface area contributed by atoms with Crippen LogP contribution in [0.25, 0.3) is 0 Å². The number of hydrogen-bond donors (Lipinski definition) is 2. The van der Waals surface area contributed by atoms with Gasteiger partial charge in [-0.05, 0) is 24.0 Å². The van der Waals surface area contributed by atoms with Crippen LogP contribution in [0.3, 0.4) is 0 Å². The van der Waals surface area contributed by atoms with Gasteiger partial charge in [0.05, 0.1) is 0 Å². The van der Waals surface area contributed by atoms with Crippen LogP contribution in [0.4, 0.5) is 0 Å². The van der Waals surface area contributed by atoms with Gasteiger partial charge in [0.25, 0.3) is 5.91 Å². The molecule has 1 aromatic carbocycles. The van der Waals surface area contributed by atoms with E-state index in [1.54, 1.807) is 0 Å². The Hall–Kier alpha value is -1.30. The van der Waals surface area contributed by atoms with Crippen LogP contribution in [0.15, 0.2) is 24.3 Å². The Labute approximate surface area is 151 Å². The quantitative estimate of drug-likeness (QED) is 0.749. The van der Waals surface area contributed by atoms with Gasteiger partial charge in [-0.25, -0.2) is 0 Å². The van der Waals surface area contributed by atoms with Crippen molar-refractivity contribution in [2.45, 2.75) is 26.2 Å². The number of benzene rings is 1. The summed E-state index contributed by atoms with van der Waals surface area (Å²) >= 11 is 0. The zero-order chi connectivity index (χ0) is 16.5. The van der Waals surface area contributed by atoms with Crippen LogP contribution in [0, 0.1) is 0 Å². The normalized spacial score (nSPS) is 16.1. The minimum Gasteiger partial charge on any atom is -0.483 e. The average molecular weight is 356 g/mol. The number of carbonyl (C=O) groups is 1. The lowest BCUT2D eigenvalue weighted by Crippen LogP contribution is -2.46. The molecule has 0 spiro atoms. The SMILES string of the molecule is CCC(C)c1ccccc1OCC(=O)NCCN1CCNCC1.Cl. The van der Waals surface area contributed by atoms with Gasteiger partial charge >= 0.3 is 0 Å². The molecule has 0 bridgehead atoms. The summed E-state index contributed by atoms with van der Waals surface area (Å²) in [5.74, 6) is 1.19. The molecule has 0 aliphatic carbocycles. The molecule has 1 saturated heterocycles. The van der Waals surface area contributed by atoms with E-state index in [1.165, 1.54) is 5.56 Å². The van der Waals surface area contributed by atoms with Crippen LogP contribution in [-0.4, -0.2) is 56.7 Å². The number of nitrogens with one attached hydrogen (secondary N) is 2. The average Bonchev–Trinajstić information content (AvgIpc) is 2.60. The van der Waals surface area contributed by atoms with Gasteiger partial charge < -0.3 is 15.4 Å². The lowest BCUT2D eigenvalue weighted by atomic mass is 9.98. The molecule has 2 N–H and O–H groups in total. The van der Waals surface area contributed by atoms with Gasteiger partial charge in [-0.2, -0.15) is 0 Å². The van der Waals surface area contributed by atoms with E-state index < -0.39 is 0 Å². The number of para-hydroxylation sites is 1. The molecule has 24 heavy (non-hydrogen) atoms. The van der Waals surface area contributed by atoms with Gasteiger partial charge in [0.2, 0.25) is 0 Å². The third-order valence-electron chi connectivity index (χ3n) is 4.38. The summed E-state index contributed by atoms with van der Waals surface area (Å²) in [6, 6.07) is 7.98. The van der Waals surface area contributed by atoms with Crippen molar-refractivity contribution in [3.8, 4) is 5.75 Å². The van der Waals surface area contributed by atoms with Crippen LogP contribution in [-0.2, 0) is 4.79 Å². The van der Waals surface area contributed by atoms with E-state index >= 15 is 0 Å². The van der Waals surface area contributed by atoms with E-state index in [-0.39, 0.29) is 24.9 Å². The van der Waals surface area contributed by atoms with Crippen molar-refractivity contribution in [1.29, 1.82) is 0 Å². The molecule has 0 radical (unpaired) electrons. The van der Waals surface area contributed by atoms with Crippen molar-refractivity contribution < 1.29 is 9.53 Å². The second kappa shape index (κ2) is 11.3. The van der Waals surface area contributed by atoms with Crippen LogP contribution < -0.4 is 15.4 Å². The standard InChI is InChI=1S/C18H29N3O2.ClH/c1-3-15(2)16-6-4-5-7-17(16)23-14-18(22)20-10-13-21-11-8-19-9-12-21;/h4-7,15,19H,3,8-14H2,1-2H3,(H,20,22);1H. The van der Waals surface area contributed by atoms with E-state index in [1.807, 2.05) is 18.2 Å². The van der Waals surface area contributed by atoms with E-state index in [4.69, 9.17) is 4.74 Å². The van der Waals surface area contributed by atoms with E-state index in [0.29, 0.717) is 12.5 Å². The number of ether oxygens (including phenoxy) is 1. The summed E-state index contributed by atoms with van der Waals surface area (Å²) in [7, 11) is 0. The first-order chi connectivity index (χ1) is 11.2. The van der Waals surface area contributed by atoms with Crippen LogP contribution in [0.2, 0.25) is 0 Å². The highest BCUT2D eigenvalue weighted by molar-refractivity contribution is 5.85. The number of carbonyl (C=O) groups excluding carboxylic acids is 1. The Balaban J connectivity index is 0.00000288. The lowest BCUT2D eigenvalue weighted by Gasteiger charge is -2.27. The summed E-state index contributed by atoms with van der Waals surface area (Å²) in [5.41, 5.74) is 1.17. The molecular formula is C18H30ClN3O2. The van der Waals surface area contributed by atoms with Gasteiger partial charge in [-0.15, -0.1) is 12.4 Å². The third-order valence-corrected chi connectivity index (χ3v) is 4.38. The van der Waals surface area contributed by atoms with Crippen molar-refractivity contribution in [2.24, 2.45) is 0 Å². The summed E-state index contributed by atoms with van der Waals surface area (Å²) in [4.78, 5) is 14.3. The fourth-order valence-electron chi connectivity index (χ4n) is 2.72. The maximum absolute atomic E-state index is 11.9. The van der Waals surface area contributed by atoms with Crippen LogP contribution >= 0.6 is 12.4 Å². The second-order valence-electron chi connectivity index (χ2n) is 6.08. The largest absolute Gasteiger partial charge is 0.483 e. The number of halogens is 1. The van der Waals surface area contributed by atoms with E-state index in [0.717, 1.165) is 44.9 Å². The molecule has 1 unspecified atom stereocenters. The fraction of sp³-hybridized carbons (Fsp3) is 0.611. The highest BCUT2D eigenvalue weighted by Crippen LogP contribution is 2.28. The Morgan fingerprint density at radius 2 is 2.04 bits per heavy atom. The first kappa shape index (κ1) is 20.7. The molecule has 2 rings (SSSR count). The van der Waals surface area contributed by atoms with E-state index in [2.05, 4.69) is 35.4 Å². The predicted octanol–water partition coefficient (Wildman–Crippen LogP) is 2.02. The minimum absolute atomic E-state index is 0. The molecule has 136 valence electrons. The summed E-state index contributed by atoms with van der Waals surface area (Å²) in [6.07, 6.45) is 1.05. The number of nitrogens with zero attached hydrogens (tertiary/aromatic N) is 1. The van der Waals surface area contributed by atoms with E-state index in [9.17, 15) is 4.79 Å². The third kappa shape index (κ3) is 6.67. The molecule has 1 aliphatic rings. The summed E-state index contributed by atoms with van der Waals surface area (Å²) in [5, 5.41) is 6.26. The van der Waals surface area contributed by atoms with Gasteiger partial charge in [-0.3, -0.25) is 9.69 Å². The van der Waals surface area contributed by atoms with Gasteiger partial charge in [0.15, 0.2) is 6.61 Å². The topological polar surface area (TPSA) is 53.6 Å². The smallest absolute Gasteiger partial charge is 0.257 e. The lowest BCUT2D eigenvalue weighted by molar-refractivity contribution is -0.123. The monoisotopic (exact) mass is 355 g/mol. The fourth-order valence-corrected chi connectivity index (χ4v) is 2.72. The molecule has 1 aliphatic heterocycles. The zero-order valence-electron chi connectivity index (χ0n) is 14.7. The first-order valence-corrected chi connectivity index (χ1v) is 8.62. The number of rotatable bonds is 8. The summed E-state index contributed by atoms with van der Waals surface area (Å²) in [6.45, 7) is 10.2. The molecule has 5 nitrogen and oxygen atoms in total. The highest BCUT2D eigenvalue weighted by Gasteiger charge is 2.12. The molecule has 1 aromatic rings. The zero-order valence-corrected chi connectivity index (χ0v) is 15.5. The van der Waals surface area contributed by atoms with Gasteiger partial charge in [-0.1, -0.05) is 32.0 Å². The van der Waals surface area contributed by atoms with Crippen molar-refractivity contribution in [3.63, 3.8) is 0 Å². The Bertz CT molecular complexity index is 493. The molecule has 0 aromatic heterocycles. The van der Waals surface area contributed by atoms with Crippen LogP contribution in [0.1, 0.15) is 31.7 Å². The first-order valence-electron chi connectivity index (χ1n) is 8.62. The molecule has 1 fully saturated rings. The molecule has 0 saturated carbocycles. The maximum atomic E-state index is 11.9. The summed E-state index contributed by atoms with van der Waals surface area (Å²) < 4.78 is 5.73. The van der Waals surface area contributed by atoms with Gasteiger partial charge in [0.1, 0.15) is 5.75 Å². The van der Waals surface area contributed by atoms with Crippen molar-refractivity contribution in [2.75, 3.05) is 45.9 Å².